The van der Waals surface area contributed by atoms with Crippen molar-refractivity contribution in [2.75, 3.05) is 13.6 Å². The van der Waals surface area contributed by atoms with Gasteiger partial charge in [-0.25, -0.2) is 0 Å². The summed E-state index contributed by atoms with van der Waals surface area (Å²) in [6.45, 7) is 6.45. The lowest BCUT2D eigenvalue weighted by Crippen LogP contribution is -2.26. The van der Waals surface area contributed by atoms with E-state index in [0.29, 0.717) is 0 Å². The number of nitrogens with zero attached hydrogens (tertiary/aromatic N) is 3. The maximum atomic E-state index is 4.49. The second-order valence-corrected chi connectivity index (χ2v) is 6.83. The number of likely N-dealkylation sites (N-methyl/N-ethyl adjacent to an activating group) is 1. The van der Waals surface area contributed by atoms with Crippen molar-refractivity contribution in [3.05, 3.63) is 65.1 Å². The lowest BCUT2D eigenvalue weighted by molar-refractivity contribution is 0.312. The lowest BCUT2D eigenvalue weighted by Gasteiger charge is -2.23. The molecule has 0 saturated carbocycles. The predicted octanol–water partition coefficient (Wildman–Crippen LogP) is 4.35. The molecule has 0 aliphatic carbocycles. The van der Waals surface area contributed by atoms with Gasteiger partial charge in [0.1, 0.15) is 0 Å². The van der Waals surface area contributed by atoms with Gasteiger partial charge in [-0.15, -0.1) is 0 Å². The van der Waals surface area contributed by atoms with Gasteiger partial charge in [0.2, 0.25) is 0 Å². The Balaban J connectivity index is 1.92. The molecule has 0 amide bonds. The summed E-state index contributed by atoms with van der Waals surface area (Å²) in [4.78, 5) is 6.89. The van der Waals surface area contributed by atoms with Crippen molar-refractivity contribution >= 4 is 22.7 Å². The van der Waals surface area contributed by atoms with Gasteiger partial charge in [0.05, 0.1) is 11.2 Å². The molecule has 3 heterocycles. The fourth-order valence-electron chi connectivity index (χ4n) is 3.64. The molecule has 0 fully saturated rings. The summed E-state index contributed by atoms with van der Waals surface area (Å²) < 4.78 is 2.39. The highest BCUT2D eigenvalue weighted by atomic mass is 15.1. The minimum absolute atomic E-state index is 1.03. The van der Waals surface area contributed by atoms with Crippen LogP contribution in [0, 0.1) is 6.92 Å². The molecule has 1 aliphatic rings. The molecule has 0 atom stereocenters. The Morgan fingerprint density at radius 1 is 1.21 bits per heavy atom. The Kier molecular flexibility index (Phi) is 3.73. The number of fused-ring (bicyclic) bond motifs is 3. The van der Waals surface area contributed by atoms with Crippen molar-refractivity contribution in [3.63, 3.8) is 0 Å². The predicted molar refractivity (Wildman–Crippen MR) is 101 cm³/mol. The summed E-state index contributed by atoms with van der Waals surface area (Å²) >= 11 is 0. The number of pyridine rings is 1. The molecule has 0 unspecified atom stereocenters. The lowest BCUT2D eigenvalue weighted by atomic mass is 10.0. The monoisotopic (exact) mass is 317 g/mol. The normalized spacial score (nSPS) is 15.7. The molecule has 0 saturated heterocycles. The van der Waals surface area contributed by atoms with E-state index >= 15 is 0 Å². The van der Waals surface area contributed by atoms with E-state index in [2.05, 4.69) is 65.8 Å². The van der Waals surface area contributed by atoms with Crippen LogP contribution in [0.4, 0.5) is 0 Å². The molecule has 2 aromatic heterocycles. The van der Waals surface area contributed by atoms with Gasteiger partial charge in [0.15, 0.2) is 0 Å². The highest BCUT2D eigenvalue weighted by Gasteiger charge is 2.21. The van der Waals surface area contributed by atoms with Crippen LogP contribution in [0.5, 0.6) is 0 Å². The van der Waals surface area contributed by atoms with Crippen molar-refractivity contribution in [3.8, 4) is 0 Å². The smallest absolute Gasteiger partial charge is 0.0673 e. The Hall–Kier alpha value is -2.39. The summed E-state index contributed by atoms with van der Waals surface area (Å²) in [7, 11) is 2.21. The zero-order valence-electron chi connectivity index (χ0n) is 14.6. The molecule has 122 valence electrons. The van der Waals surface area contributed by atoms with E-state index in [-0.39, 0.29) is 0 Å². The highest BCUT2D eigenvalue weighted by Crippen LogP contribution is 2.32. The molecule has 0 N–H and O–H groups in total. The fourth-order valence-corrected chi connectivity index (χ4v) is 3.64. The molecule has 0 bridgehead atoms. The van der Waals surface area contributed by atoms with Crippen molar-refractivity contribution in [2.24, 2.45) is 0 Å². The van der Waals surface area contributed by atoms with E-state index < -0.39 is 0 Å². The third-order valence-electron chi connectivity index (χ3n) is 4.93. The van der Waals surface area contributed by atoms with E-state index in [9.17, 15) is 0 Å². The van der Waals surface area contributed by atoms with E-state index in [4.69, 9.17) is 0 Å². The third kappa shape index (κ3) is 2.55. The zero-order chi connectivity index (χ0) is 16.7. The maximum Gasteiger partial charge on any atom is 0.0673 e. The fraction of sp³-hybridized carbons (Fsp3) is 0.286. The number of aromatic nitrogens is 2. The quantitative estimate of drug-likeness (QED) is 0.700. The molecule has 0 radical (unpaired) electrons. The van der Waals surface area contributed by atoms with Gasteiger partial charge in [-0.2, -0.15) is 0 Å². The Morgan fingerprint density at radius 2 is 2.08 bits per heavy atom. The van der Waals surface area contributed by atoms with Gasteiger partial charge in [-0.05, 0) is 56.3 Å². The molecule has 1 aromatic carbocycles. The van der Waals surface area contributed by atoms with Crippen molar-refractivity contribution in [2.45, 2.75) is 26.8 Å². The maximum absolute atomic E-state index is 4.49. The molecular formula is C21H23N3. The van der Waals surface area contributed by atoms with Gasteiger partial charge in [-0.1, -0.05) is 17.7 Å². The van der Waals surface area contributed by atoms with Crippen LogP contribution in [0.25, 0.3) is 22.7 Å². The first kappa shape index (κ1) is 15.2. The zero-order valence-corrected chi connectivity index (χ0v) is 14.6. The van der Waals surface area contributed by atoms with Crippen LogP contribution in [0.3, 0.4) is 0 Å². The Morgan fingerprint density at radius 3 is 2.88 bits per heavy atom. The minimum Gasteiger partial charge on any atom is -0.320 e. The Bertz CT molecular complexity index is 919. The second-order valence-electron chi connectivity index (χ2n) is 6.83. The highest BCUT2D eigenvalue weighted by molar-refractivity contribution is 5.90. The third-order valence-corrected chi connectivity index (χ3v) is 4.93. The summed E-state index contributed by atoms with van der Waals surface area (Å²) in [5, 5.41) is 1.39. The minimum atomic E-state index is 1.03. The van der Waals surface area contributed by atoms with Crippen LogP contribution in [0.15, 0.2) is 42.6 Å². The van der Waals surface area contributed by atoms with Crippen molar-refractivity contribution in [1.29, 1.82) is 0 Å². The standard InChI is InChI=1S/C21H23N3/c1-15-7-8-20-17(12-15)18-14-23(3)11-9-21(18)24(20)13-16(2)19-6-4-5-10-22-19/h4-8,10,12-13H,9,11,14H2,1-3H3/b16-13+. The first-order chi connectivity index (χ1) is 11.6. The number of benzene rings is 1. The molecule has 4 rings (SSSR count). The molecular weight excluding hydrogens is 294 g/mol. The molecule has 3 heteroatoms. The number of allylic oxidation sites excluding steroid dienone is 1. The SMILES string of the molecule is C/C(=C\n1c2c(c3cc(C)ccc31)CN(C)CC2)c1ccccn1. The second kappa shape index (κ2) is 5.91. The summed E-state index contributed by atoms with van der Waals surface area (Å²) in [6, 6.07) is 12.9. The molecule has 0 spiro atoms. The molecule has 3 nitrogen and oxygen atoms in total. The van der Waals surface area contributed by atoms with Gasteiger partial charge in [0, 0.05) is 43.0 Å². The van der Waals surface area contributed by atoms with Gasteiger partial charge >= 0.3 is 0 Å². The molecule has 1 aliphatic heterocycles. The molecule has 24 heavy (non-hydrogen) atoms. The largest absolute Gasteiger partial charge is 0.320 e. The van der Waals surface area contributed by atoms with E-state index in [1.165, 1.54) is 33.3 Å². The van der Waals surface area contributed by atoms with Crippen LogP contribution < -0.4 is 0 Å². The first-order valence-electron chi connectivity index (χ1n) is 8.54. The number of aryl methyl sites for hydroxylation is 1. The Labute approximate surface area is 143 Å². The van der Waals surface area contributed by atoms with Crippen molar-refractivity contribution < 1.29 is 0 Å². The average molecular weight is 317 g/mol. The summed E-state index contributed by atoms with van der Waals surface area (Å²) in [5.41, 5.74) is 7.77. The summed E-state index contributed by atoms with van der Waals surface area (Å²) in [6.07, 6.45) is 5.20. The number of hydrogen-bond acceptors (Lipinski definition) is 2. The van der Waals surface area contributed by atoms with Crippen LogP contribution in [-0.2, 0) is 13.0 Å². The first-order valence-corrected chi connectivity index (χ1v) is 8.54. The van der Waals surface area contributed by atoms with Crippen LogP contribution in [-0.4, -0.2) is 28.0 Å². The summed E-state index contributed by atoms with van der Waals surface area (Å²) in [5.74, 6) is 0. The molecule has 3 aromatic rings. The van der Waals surface area contributed by atoms with Crippen LogP contribution in [0.1, 0.15) is 29.4 Å². The average Bonchev–Trinajstić information content (AvgIpc) is 2.88. The van der Waals surface area contributed by atoms with E-state index in [0.717, 1.165) is 25.2 Å². The van der Waals surface area contributed by atoms with Crippen molar-refractivity contribution in [1.82, 2.24) is 14.5 Å². The van der Waals surface area contributed by atoms with Gasteiger partial charge < -0.3 is 9.47 Å². The van der Waals surface area contributed by atoms with Gasteiger partial charge in [-0.3, -0.25) is 4.98 Å². The topological polar surface area (TPSA) is 21.1 Å². The van der Waals surface area contributed by atoms with E-state index in [1.54, 1.807) is 0 Å². The number of hydrogen-bond donors (Lipinski definition) is 0. The van der Waals surface area contributed by atoms with Crippen LogP contribution >= 0.6 is 0 Å². The van der Waals surface area contributed by atoms with Crippen LogP contribution in [0.2, 0.25) is 0 Å². The van der Waals surface area contributed by atoms with Gasteiger partial charge in [0.25, 0.3) is 0 Å². The van der Waals surface area contributed by atoms with E-state index in [1.807, 2.05) is 18.3 Å². The number of rotatable bonds is 2.